The minimum absolute atomic E-state index is 0. The van der Waals surface area contributed by atoms with Gasteiger partial charge in [0.2, 0.25) is 5.91 Å². The van der Waals surface area contributed by atoms with Crippen LogP contribution < -0.4 is 5.32 Å². The smallest absolute Gasteiger partial charge is 0.234 e. The molecule has 1 saturated heterocycles. The molecule has 0 aromatic carbocycles. The number of hydrogen-bond acceptors (Lipinski definition) is 3. The van der Waals surface area contributed by atoms with Crippen molar-refractivity contribution in [2.75, 3.05) is 39.3 Å². The lowest BCUT2D eigenvalue weighted by atomic mass is 10.1. The zero-order valence-corrected chi connectivity index (χ0v) is 14.5. The van der Waals surface area contributed by atoms with E-state index in [2.05, 4.69) is 42.8 Å². The largest absolute Gasteiger partial charge is 0.355 e. The van der Waals surface area contributed by atoms with Crippen LogP contribution in [0.25, 0.3) is 0 Å². The van der Waals surface area contributed by atoms with Crippen molar-refractivity contribution < 1.29 is 6.22 Å². The number of hydrogen-bond donors (Lipinski definition) is 1. The first kappa shape index (κ1) is 18.4. The van der Waals surface area contributed by atoms with Gasteiger partial charge in [-0.05, 0) is 25.7 Å². The minimum atomic E-state index is 0. The summed E-state index contributed by atoms with van der Waals surface area (Å²) >= 11 is 0. The molecule has 1 rings (SSSR count). The van der Waals surface area contributed by atoms with Gasteiger partial charge in [0.15, 0.2) is 0 Å². The van der Waals surface area contributed by atoms with Crippen molar-refractivity contribution in [3.8, 4) is 0 Å². The molecule has 1 heterocycles. The normalized spacial score (nSPS) is 18.9. The molecule has 0 aromatic rings. The average molecular weight is 300 g/mol. The van der Waals surface area contributed by atoms with E-state index in [9.17, 15) is 4.79 Å². The molecule has 0 radical (unpaired) electrons. The summed E-state index contributed by atoms with van der Waals surface area (Å²) in [6, 6.07) is 0.668. The van der Waals surface area contributed by atoms with E-state index in [0.717, 1.165) is 45.1 Å². The van der Waals surface area contributed by atoms with Crippen molar-refractivity contribution in [2.45, 2.75) is 59.4 Å². The molecule has 126 valence electrons. The van der Waals surface area contributed by atoms with Crippen LogP contribution in [0.3, 0.4) is 0 Å². The van der Waals surface area contributed by atoms with E-state index < -0.39 is 0 Å². The molecule has 1 aliphatic heterocycles. The summed E-state index contributed by atoms with van der Waals surface area (Å²) in [5.74, 6) is 0.957. The minimum Gasteiger partial charge on any atom is -0.355 e. The third-order valence-corrected chi connectivity index (χ3v) is 4.52. The Morgan fingerprint density at radius 1 is 1.14 bits per heavy atom. The summed E-state index contributed by atoms with van der Waals surface area (Å²) in [6.45, 7) is 14.7. The Hall–Kier alpha value is -0.610. The Balaban J connectivity index is 0.00000441. The van der Waals surface area contributed by atoms with Crippen molar-refractivity contribution in [3.05, 3.63) is 0 Å². The molecule has 1 N–H and O–H groups in total. The first-order chi connectivity index (χ1) is 10.0. The number of carbonyl (C=O) groups is 1. The third kappa shape index (κ3) is 7.82. The van der Waals surface area contributed by atoms with E-state index >= 15 is 0 Å². The van der Waals surface area contributed by atoms with E-state index in [0.29, 0.717) is 12.6 Å². The SMILES string of the molecule is CCC(C)N1CCN(CC(=O)NCCCCC(C)C)CC1.[HH]. The maximum Gasteiger partial charge on any atom is 0.234 e. The number of piperazine rings is 1. The highest BCUT2D eigenvalue weighted by Crippen LogP contribution is 2.08. The summed E-state index contributed by atoms with van der Waals surface area (Å²) in [4.78, 5) is 16.7. The maximum atomic E-state index is 11.9. The highest BCUT2D eigenvalue weighted by Gasteiger charge is 2.21. The molecule has 1 aliphatic rings. The lowest BCUT2D eigenvalue weighted by molar-refractivity contribution is -0.122. The molecule has 1 atom stereocenters. The monoisotopic (exact) mass is 299 g/mol. The Bertz CT molecular complexity index is 292. The van der Waals surface area contributed by atoms with Crippen LogP contribution in [0.1, 0.15) is 54.8 Å². The van der Waals surface area contributed by atoms with Gasteiger partial charge in [-0.1, -0.05) is 33.6 Å². The molecule has 1 unspecified atom stereocenters. The van der Waals surface area contributed by atoms with Gasteiger partial charge in [0, 0.05) is 40.2 Å². The lowest BCUT2D eigenvalue weighted by Crippen LogP contribution is -2.51. The predicted molar refractivity (Wildman–Crippen MR) is 91.6 cm³/mol. The molecule has 0 aliphatic carbocycles. The zero-order valence-electron chi connectivity index (χ0n) is 14.5. The van der Waals surface area contributed by atoms with Gasteiger partial charge in [-0.15, -0.1) is 0 Å². The van der Waals surface area contributed by atoms with Crippen molar-refractivity contribution in [2.24, 2.45) is 5.92 Å². The van der Waals surface area contributed by atoms with E-state index in [1.165, 1.54) is 19.3 Å². The van der Waals surface area contributed by atoms with Gasteiger partial charge in [-0.25, -0.2) is 0 Å². The highest BCUT2D eigenvalue weighted by molar-refractivity contribution is 5.77. The van der Waals surface area contributed by atoms with Gasteiger partial charge < -0.3 is 5.32 Å². The van der Waals surface area contributed by atoms with Crippen LogP contribution in [-0.4, -0.2) is 61.0 Å². The fraction of sp³-hybridized carbons (Fsp3) is 0.941. The number of unbranched alkanes of at least 4 members (excludes halogenated alkanes) is 1. The maximum absolute atomic E-state index is 11.9. The zero-order chi connectivity index (χ0) is 15.7. The van der Waals surface area contributed by atoms with Gasteiger partial charge in [-0.3, -0.25) is 14.6 Å². The van der Waals surface area contributed by atoms with Crippen LogP contribution in [0.4, 0.5) is 0 Å². The van der Waals surface area contributed by atoms with Crippen LogP contribution in [0.15, 0.2) is 0 Å². The summed E-state index contributed by atoms with van der Waals surface area (Å²) < 4.78 is 0. The fourth-order valence-electron chi connectivity index (χ4n) is 2.78. The van der Waals surface area contributed by atoms with Crippen LogP contribution in [-0.2, 0) is 4.79 Å². The lowest BCUT2D eigenvalue weighted by Gasteiger charge is -2.37. The van der Waals surface area contributed by atoms with Crippen molar-refractivity contribution in [3.63, 3.8) is 0 Å². The molecule has 4 nitrogen and oxygen atoms in total. The molecular weight excluding hydrogens is 262 g/mol. The van der Waals surface area contributed by atoms with E-state index in [-0.39, 0.29) is 7.33 Å². The van der Waals surface area contributed by atoms with E-state index in [1.807, 2.05) is 0 Å². The number of amides is 1. The Morgan fingerprint density at radius 3 is 2.38 bits per heavy atom. The second-order valence-corrected chi connectivity index (χ2v) is 6.81. The fourth-order valence-corrected chi connectivity index (χ4v) is 2.78. The molecule has 0 bridgehead atoms. The number of nitrogens with zero attached hydrogens (tertiary/aromatic N) is 2. The third-order valence-electron chi connectivity index (χ3n) is 4.52. The van der Waals surface area contributed by atoms with Gasteiger partial charge in [0.25, 0.3) is 0 Å². The summed E-state index contributed by atoms with van der Waals surface area (Å²) in [6.07, 6.45) is 4.78. The Morgan fingerprint density at radius 2 is 1.81 bits per heavy atom. The molecule has 0 aromatic heterocycles. The summed E-state index contributed by atoms with van der Waals surface area (Å²) in [7, 11) is 0. The van der Waals surface area contributed by atoms with Gasteiger partial charge in [0.05, 0.1) is 6.54 Å². The average Bonchev–Trinajstić information content (AvgIpc) is 2.46. The Labute approximate surface area is 132 Å². The number of carbonyl (C=O) groups excluding carboxylic acids is 1. The van der Waals surface area contributed by atoms with Crippen molar-refractivity contribution in [1.82, 2.24) is 15.1 Å². The summed E-state index contributed by atoms with van der Waals surface area (Å²) in [5.41, 5.74) is 0. The molecule has 21 heavy (non-hydrogen) atoms. The van der Waals surface area contributed by atoms with E-state index in [1.54, 1.807) is 0 Å². The topological polar surface area (TPSA) is 35.6 Å². The number of nitrogens with one attached hydrogen (secondary N) is 1. The number of rotatable bonds is 9. The van der Waals surface area contributed by atoms with Crippen LogP contribution in [0.2, 0.25) is 0 Å². The first-order valence-electron chi connectivity index (χ1n) is 8.76. The summed E-state index contributed by atoms with van der Waals surface area (Å²) in [5, 5.41) is 3.05. The molecule has 0 spiro atoms. The predicted octanol–water partition coefficient (Wildman–Crippen LogP) is 2.59. The Kier molecular flexibility index (Phi) is 8.93. The molecule has 0 saturated carbocycles. The van der Waals surface area contributed by atoms with Crippen LogP contribution >= 0.6 is 0 Å². The quantitative estimate of drug-likeness (QED) is 0.665. The molecular formula is C17H37N3O. The van der Waals surface area contributed by atoms with Gasteiger partial charge >= 0.3 is 0 Å². The molecule has 1 amide bonds. The van der Waals surface area contributed by atoms with Crippen molar-refractivity contribution in [1.29, 1.82) is 0 Å². The van der Waals surface area contributed by atoms with Crippen molar-refractivity contribution >= 4 is 5.91 Å². The van der Waals surface area contributed by atoms with E-state index in [4.69, 9.17) is 0 Å². The first-order valence-corrected chi connectivity index (χ1v) is 8.76. The standard InChI is InChI=1S/C17H35N3O.H2/c1-5-16(4)20-12-10-19(11-13-20)14-17(21)18-9-7-6-8-15(2)3;/h15-16H,5-14H2,1-4H3,(H,18,21);1H. The second kappa shape index (κ2) is 10.2. The van der Waals surface area contributed by atoms with Gasteiger partial charge in [-0.2, -0.15) is 0 Å². The second-order valence-electron chi connectivity index (χ2n) is 6.81. The van der Waals surface area contributed by atoms with Crippen LogP contribution in [0, 0.1) is 5.92 Å². The molecule has 4 heteroatoms. The van der Waals surface area contributed by atoms with Crippen LogP contribution in [0.5, 0.6) is 0 Å². The van der Waals surface area contributed by atoms with Gasteiger partial charge in [0.1, 0.15) is 0 Å². The highest BCUT2D eigenvalue weighted by atomic mass is 16.2. The molecule has 1 fully saturated rings.